The summed E-state index contributed by atoms with van der Waals surface area (Å²) in [5, 5.41) is 4.62. The van der Waals surface area contributed by atoms with Gasteiger partial charge in [0.05, 0.1) is 43.4 Å². The Hall–Kier alpha value is -3.28. The van der Waals surface area contributed by atoms with E-state index in [-0.39, 0.29) is 11.9 Å². The van der Waals surface area contributed by atoms with E-state index in [2.05, 4.69) is 31.1 Å². The van der Waals surface area contributed by atoms with Crippen LogP contribution in [0.5, 0.6) is 11.5 Å². The van der Waals surface area contributed by atoms with Gasteiger partial charge >= 0.3 is 0 Å². The number of amides is 1. The van der Waals surface area contributed by atoms with Crippen LogP contribution in [0.4, 0.5) is 0 Å². The fraction of sp³-hybridized carbons (Fsp3) is 0.333. The molecule has 2 aliphatic rings. The van der Waals surface area contributed by atoms with Gasteiger partial charge in [0.15, 0.2) is 11.5 Å². The summed E-state index contributed by atoms with van der Waals surface area (Å²) in [4.78, 5) is 15.3. The first kappa shape index (κ1) is 18.7. The summed E-state index contributed by atoms with van der Waals surface area (Å²) >= 11 is 0. The molecule has 1 aromatic heterocycles. The molecule has 0 spiro atoms. The van der Waals surface area contributed by atoms with Crippen LogP contribution in [0.15, 0.2) is 36.5 Å². The third-order valence-corrected chi connectivity index (χ3v) is 6.55. The molecule has 1 amide bonds. The van der Waals surface area contributed by atoms with Crippen molar-refractivity contribution in [2.75, 3.05) is 20.8 Å². The van der Waals surface area contributed by atoms with Crippen molar-refractivity contribution >= 4 is 5.91 Å². The predicted octanol–water partition coefficient (Wildman–Crippen LogP) is 3.80. The Morgan fingerprint density at radius 2 is 1.87 bits per heavy atom. The highest BCUT2D eigenvalue weighted by Crippen LogP contribution is 2.42. The van der Waals surface area contributed by atoms with Gasteiger partial charge in [-0.15, -0.1) is 0 Å². The number of carbonyl (C=O) groups excluding carboxylic acids is 1. The first-order valence-electron chi connectivity index (χ1n) is 10.2. The summed E-state index contributed by atoms with van der Waals surface area (Å²) in [7, 11) is 3.29. The average Bonchev–Trinajstić information content (AvgIpc) is 3.18. The van der Waals surface area contributed by atoms with Gasteiger partial charge in [0.1, 0.15) is 0 Å². The van der Waals surface area contributed by atoms with Gasteiger partial charge in [-0.25, -0.2) is 4.68 Å². The molecule has 5 rings (SSSR count). The van der Waals surface area contributed by atoms with E-state index in [1.807, 2.05) is 27.8 Å². The van der Waals surface area contributed by atoms with Gasteiger partial charge in [0.2, 0.25) is 0 Å². The molecule has 30 heavy (non-hydrogen) atoms. The number of hydrogen-bond acceptors (Lipinski definition) is 4. The van der Waals surface area contributed by atoms with Gasteiger partial charge in [-0.1, -0.05) is 12.1 Å². The summed E-state index contributed by atoms with van der Waals surface area (Å²) in [6.45, 7) is 4.89. The van der Waals surface area contributed by atoms with Gasteiger partial charge < -0.3 is 14.4 Å². The van der Waals surface area contributed by atoms with Gasteiger partial charge in [-0.3, -0.25) is 4.79 Å². The molecule has 154 valence electrons. The van der Waals surface area contributed by atoms with Crippen LogP contribution in [0.3, 0.4) is 0 Å². The van der Waals surface area contributed by atoms with Crippen molar-refractivity contribution in [2.24, 2.45) is 0 Å². The molecule has 0 unspecified atom stereocenters. The monoisotopic (exact) mass is 403 g/mol. The minimum absolute atomic E-state index is 0.0332. The topological polar surface area (TPSA) is 56.6 Å². The summed E-state index contributed by atoms with van der Waals surface area (Å²) in [5.74, 6) is 1.48. The van der Waals surface area contributed by atoms with Crippen molar-refractivity contribution in [1.82, 2.24) is 14.7 Å². The van der Waals surface area contributed by atoms with Crippen molar-refractivity contribution in [3.05, 3.63) is 70.0 Å². The first-order chi connectivity index (χ1) is 14.5. The number of benzene rings is 2. The van der Waals surface area contributed by atoms with Gasteiger partial charge in [0.25, 0.3) is 5.91 Å². The summed E-state index contributed by atoms with van der Waals surface area (Å²) in [6, 6.07) is 10.2. The molecule has 0 saturated carbocycles. The van der Waals surface area contributed by atoms with E-state index in [1.54, 1.807) is 20.4 Å². The van der Waals surface area contributed by atoms with Crippen LogP contribution in [0.2, 0.25) is 0 Å². The lowest BCUT2D eigenvalue weighted by Crippen LogP contribution is -2.44. The highest BCUT2D eigenvalue weighted by Gasteiger charge is 2.39. The molecule has 0 N–H and O–H groups in total. The maximum atomic E-state index is 13.4. The standard InChI is InChI=1S/C24H25N3O3/c1-14-6-5-7-19(15(14)2)27-21-12-20-17-11-23(30-4)22(29-3)10-16(17)8-9-26(20)24(28)18(21)13-25-27/h5-7,10-11,13,20H,8-9,12H2,1-4H3/t20-/m0/s1. The molecule has 2 aromatic carbocycles. The van der Waals surface area contributed by atoms with E-state index in [9.17, 15) is 4.79 Å². The number of fused-ring (bicyclic) bond motifs is 4. The lowest BCUT2D eigenvalue weighted by Gasteiger charge is -2.40. The maximum Gasteiger partial charge on any atom is 0.257 e. The Labute approximate surface area is 176 Å². The highest BCUT2D eigenvalue weighted by molar-refractivity contribution is 5.97. The highest BCUT2D eigenvalue weighted by atomic mass is 16.5. The number of rotatable bonds is 3. The number of carbonyl (C=O) groups is 1. The first-order valence-corrected chi connectivity index (χ1v) is 10.2. The number of aromatic nitrogens is 2. The average molecular weight is 403 g/mol. The second-order valence-corrected chi connectivity index (χ2v) is 8.01. The lowest BCUT2D eigenvalue weighted by molar-refractivity contribution is 0.0629. The summed E-state index contributed by atoms with van der Waals surface area (Å²) in [5.41, 5.74) is 7.43. The zero-order chi connectivity index (χ0) is 21.0. The van der Waals surface area contributed by atoms with Crippen molar-refractivity contribution in [1.29, 1.82) is 0 Å². The molecule has 3 heterocycles. The SMILES string of the molecule is COc1cc2c(cc1OC)[C@@H]1Cc3c(cnn3-c3cccc(C)c3C)C(=O)N1CC2. The molecule has 0 radical (unpaired) electrons. The molecule has 1 atom stereocenters. The molecule has 6 nitrogen and oxygen atoms in total. The smallest absolute Gasteiger partial charge is 0.257 e. The largest absolute Gasteiger partial charge is 0.493 e. The van der Waals surface area contributed by atoms with E-state index in [1.165, 1.54) is 16.7 Å². The fourth-order valence-electron chi connectivity index (χ4n) is 4.75. The molecular weight excluding hydrogens is 378 g/mol. The molecule has 0 aliphatic carbocycles. The minimum atomic E-state index is -0.0332. The van der Waals surface area contributed by atoms with Crippen molar-refractivity contribution in [3.8, 4) is 17.2 Å². The van der Waals surface area contributed by atoms with E-state index in [0.29, 0.717) is 17.9 Å². The second-order valence-electron chi connectivity index (χ2n) is 8.01. The van der Waals surface area contributed by atoms with Crippen LogP contribution in [0.25, 0.3) is 5.69 Å². The van der Waals surface area contributed by atoms with E-state index >= 15 is 0 Å². The van der Waals surface area contributed by atoms with Crippen LogP contribution < -0.4 is 9.47 Å². The number of ether oxygens (including phenoxy) is 2. The van der Waals surface area contributed by atoms with Crippen molar-refractivity contribution < 1.29 is 14.3 Å². The van der Waals surface area contributed by atoms with Gasteiger partial charge in [0, 0.05) is 13.0 Å². The number of aryl methyl sites for hydroxylation is 1. The fourth-order valence-corrected chi connectivity index (χ4v) is 4.75. The van der Waals surface area contributed by atoms with Crippen LogP contribution in [-0.4, -0.2) is 41.4 Å². The Kier molecular flexibility index (Phi) is 4.31. The van der Waals surface area contributed by atoms with E-state index in [4.69, 9.17) is 9.47 Å². The molecule has 0 bridgehead atoms. The van der Waals surface area contributed by atoms with Crippen LogP contribution in [0, 0.1) is 13.8 Å². The number of nitrogens with zero attached hydrogens (tertiary/aromatic N) is 3. The van der Waals surface area contributed by atoms with E-state index in [0.717, 1.165) is 35.5 Å². The molecular formula is C24H25N3O3. The third-order valence-electron chi connectivity index (χ3n) is 6.55. The van der Waals surface area contributed by atoms with Gasteiger partial charge in [-0.05, 0) is 60.7 Å². The zero-order valence-corrected chi connectivity index (χ0v) is 17.7. The minimum Gasteiger partial charge on any atom is -0.493 e. The van der Waals surface area contributed by atoms with Crippen LogP contribution >= 0.6 is 0 Å². The number of hydrogen-bond donors (Lipinski definition) is 0. The normalized spacial score (nSPS) is 17.3. The predicted molar refractivity (Wildman–Crippen MR) is 114 cm³/mol. The molecule has 6 heteroatoms. The molecule has 2 aliphatic heterocycles. The molecule has 0 saturated heterocycles. The Morgan fingerprint density at radius 3 is 2.63 bits per heavy atom. The van der Waals surface area contributed by atoms with Crippen LogP contribution in [0.1, 0.15) is 44.3 Å². The Bertz CT molecular complexity index is 1160. The number of methoxy groups -OCH3 is 2. The van der Waals surface area contributed by atoms with Crippen molar-refractivity contribution in [3.63, 3.8) is 0 Å². The second kappa shape index (κ2) is 6.90. The van der Waals surface area contributed by atoms with Crippen molar-refractivity contribution in [2.45, 2.75) is 32.7 Å². The third kappa shape index (κ3) is 2.63. The maximum absolute atomic E-state index is 13.4. The quantitative estimate of drug-likeness (QED) is 0.668. The van der Waals surface area contributed by atoms with E-state index < -0.39 is 0 Å². The Morgan fingerprint density at radius 1 is 1.10 bits per heavy atom. The summed E-state index contributed by atoms with van der Waals surface area (Å²) < 4.78 is 13.0. The lowest BCUT2D eigenvalue weighted by atomic mass is 9.85. The van der Waals surface area contributed by atoms with Crippen LogP contribution in [-0.2, 0) is 12.8 Å². The van der Waals surface area contributed by atoms with Gasteiger partial charge in [-0.2, -0.15) is 5.10 Å². The zero-order valence-electron chi connectivity index (χ0n) is 17.7. The Balaban J connectivity index is 1.63. The summed E-state index contributed by atoms with van der Waals surface area (Å²) in [6.07, 6.45) is 3.25. The molecule has 3 aromatic rings. The molecule has 0 fully saturated rings.